The van der Waals surface area contributed by atoms with Crippen LogP contribution in [-0.4, -0.2) is 44.2 Å². The zero-order valence-electron chi connectivity index (χ0n) is 13.0. The van der Waals surface area contributed by atoms with E-state index in [9.17, 15) is 4.79 Å². The van der Waals surface area contributed by atoms with Crippen molar-refractivity contribution in [3.8, 4) is 0 Å². The van der Waals surface area contributed by atoms with Crippen LogP contribution in [0.3, 0.4) is 0 Å². The second-order valence-corrected chi connectivity index (χ2v) is 4.70. The van der Waals surface area contributed by atoms with Gasteiger partial charge in [-0.05, 0) is 32.6 Å². The highest BCUT2D eigenvalue weighted by molar-refractivity contribution is 5.83. The van der Waals surface area contributed by atoms with E-state index in [1.807, 2.05) is 44.3 Å². The SMILES string of the molecule is CCOC(=O)C(CN(CC)CC)(NC)c1ccccc1. The molecule has 0 saturated heterocycles. The van der Waals surface area contributed by atoms with Crippen LogP contribution in [0.5, 0.6) is 0 Å². The van der Waals surface area contributed by atoms with Crippen LogP contribution in [0.15, 0.2) is 30.3 Å². The van der Waals surface area contributed by atoms with Gasteiger partial charge in [-0.1, -0.05) is 44.2 Å². The molecule has 0 bridgehead atoms. The van der Waals surface area contributed by atoms with Crippen molar-refractivity contribution in [1.82, 2.24) is 10.2 Å². The summed E-state index contributed by atoms with van der Waals surface area (Å²) in [5, 5.41) is 3.20. The maximum atomic E-state index is 12.6. The number of hydrogen-bond acceptors (Lipinski definition) is 4. The molecule has 0 aliphatic heterocycles. The predicted octanol–water partition coefficient (Wildman–Crippen LogP) is 2.01. The summed E-state index contributed by atoms with van der Waals surface area (Å²) in [6.45, 7) is 8.80. The minimum Gasteiger partial charge on any atom is -0.464 e. The summed E-state index contributed by atoms with van der Waals surface area (Å²) >= 11 is 0. The summed E-state index contributed by atoms with van der Waals surface area (Å²) in [6.07, 6.45) is 0. The van der Waals surface area contributed by atoms with Crippen molar-refractivity contribution in [3.05, 3.63) is 35.9 Å². The zero-order valence-corrected chi connectivity index (χ0v) is 13.0. The first-order valence-electron chi connectivity index (χ1n) is 7.28. The van der Waals surface area contributed by atoms with Crippen molar-refractivity contribution in [1.29, 1.82) is 0 Å². The fourth-order valence-corrected chi connectivity index (χ4v) is 2.36. The van der Waals surface area contributed by atoms with Gasteiger partial charge in [-0.2, -0.15) is 0 Å². The van der Waals surface area contributed by atoms with Crippen molar-refractivity contribution in [2.75, 3.05) is 33.3 Å². The summed E-state index contributed by atoms with van der Waals surface area (Å²) in [6, 6.07) is 9.78. The van der Waals surface area contributed by atoms with Crippen LogP contribution >= 0.6 is 0 Å². The van der Waals surface area contributed by atoms with E-state index in [2.05, 4.69) is 24.1 Å². The lowest BCUT2D eigenvalue weighted by Gasteiger charge is -2.36. The molecule has 20 heavy (non-hydrogen) atoms. The number of ether oxygens (including phenoxy) is 1. The largest absolute Gasteiger partial charge is 0.464 e. The molecule has 1 atom stereocenters. The summed E-state index contributed by atoms with van der Waals surface area (Å²) in [5.74, 6) is -0.222. The van der Waals surface area contributed by atoms with E-state index in [-0.39, 0.29) is 5.97 Å². The Morgan fingerprint density at radius 2 is 1.80 bits per heavy atom. The lowest BCUT2D eigenvalue weighted by atomic mass is 9.89. The van der Waals surface area contributed by atoms with Gasteiger partial charge in [0.1, 0.15) is 0 Å². The Morgan fingerprint density at radius 3 is 2.25 bits per heavy atom. The lowest BCUT2D eigenvalue weighted by molar-refractivity contribution is -0.152. The van der Waals surface area contributed by atoms with Gasteiger partial charge in [-0.3, -0.25) is 0 Å². The van der Waals surface area contributed by atoms with E-state index >= 15 is 0 Å². The van der Waals surface area contributed by atoms with Crippen molar-refractivity contribution in [3.63, 3.8) is 0 Å². The monoisotopic (exact) mass is 278 g/mol. The molecule has 0 amide bonds. The minimum absolute atomic E-state index is 0.222. The number of hydrogen-bond donors (Lipinski definition) is 1. The van der Waals surface area contributed by atoms with Gasteiger partial charge in [0, 0.05) is 6.54 Å². The topological polar surface area (TPSA) is 41.6 Å². The third-order valence-electron chi connectivity index (χ3n) is 3.67. The molecule has 0 heterocycles. The molecule has 0 radical (unpaired) electrons. The molecule has 0 aliphatic carbocycles. The molecule has 1 aromatic carbocycles. The predicted molar refractivity (Wildman–Crippen MR) is 81.6 cm³/mol. The number of rotatable bonds is 8. The third-order valence-corrected chi connectivity index (χ3v) is 3.67. The van der Waals surface area contributed by atoms with Crippen LogP contribution in [0, 0.1) is 0 Å². The van der Waals surface area contributed by atoms with Crippen LogP contribution in [-0.2, 0) is 15.1 Å². The smallest absolute Gasteiger partial charge is 0.332 e. The molecule has 1 aromatic rings. The Hall–Kier alpha value is -1.39. The molecule has 0 fully saturated rings. The Labute approximate surface area is 122 Å². The summed E-state index contributed by atoms with van der Waals surface area (Å²) in [5.41, 5.74) is 0.122. The second kappa shape index (κ2) is 8.02. The Kier molecular flexibility index (Phi) is 6.68. The third kappa shape index (κ3) is 3.58. The van der Waals surface area contributed by atoms with E-state index in [4.69, 9.17) is 4.74 Å². The standard InChI is InChI=1S/C16H26N2O2/c1-5-18(6-2)13-16(17-4,15(19)20-7-3)14-11-9-8-10-12-14/h8-12,17H,5-7,13H2,1-4H3. The fourth-order valence-electron chi connectivity index (χ4n) is 2.36. The Balaban J connectivity index is 3.19. The fraction of sp³-hybridized carbons (Fsp3) is 0.562. The normalized spacial score (nSPS) is 14.1. The van der Waals surface area contributed by atoms with Crippen LogP contribution in [0.1, 0.15) is 26.3 Å². The Morgan fingerprint density at radius 1 is 1.20 bits per heavy atom. The highest BCUT2D eigenvalue weighted by Crippen LogP contribution is 2.24. The van der Waals surface area contributed by atoms with Crippen LogP contribution in [0.2, 0.25) is 0 Å². The highest BCUT2D eigenvalue weighted by atomic mass is 16.5. The summed E-state index contributed by atoms with van der Waals surface area (Å²) in [7, 11) is 1.81. The molecule has 0 spiro atoms. The van der Waals surface area contributed by atoms with Crippen LogP contribution < -0.4 is 5.32 Å². The van der Waals surface area contributed by atoms with E-state index < -0.39 is 5.54 Å². The first-order chi connectivity index (χ1) is 9.64. The average molecular weight is 278 g/mol. The number of carbonyl (C=O) groups is 1. The maximum Gasteiger partial charge on any atom is 0.332 e. The molecular formula is C16H26N2O2. The molecule has 0 aliphatic rings. The molecular weight excluding hydrogens is 252 g/mol. The van der Waals surface area contributed by atoms with Gasteiger partial charge < -0.3 is 15.0 Å². The minimum atomic E-state index is -0.816. The first-order valence-corrected chi connectivity index (χ1v) is 7.28. The van der Waals surface area contributed by atoms with Gasteiger partial charge in [-0.15, -0.1) is 0 Å². The number of likely N-dealkylation sites (N-methyl/N-ethyl adjacent to an activating group) is 2. The number of benzene rings is 1. The van der Waals surface area contributed by atoms with Gasteiger partial charge in [0.25, 0.3) is 0 Å². The van der Waals surface area contributed by atoms with Gasteiger partial charge in [0.15, 0.2) is 5.54 Å². The number of nitrogens with zero attached hydrogens (tertiary/aromatic N) is 1. The van der Waals surface area contributed by atoms with E-state index in [0.717, 1.165) is 18.7 Å². The molecule has 1 rings (SSSR count). The molecule has 4 heteroatoms. The number of nitrogens with one attached hydrogen (secondary N) is 1. The Bertz CT molecular complexity index is 404. The van der Waals surface area contributed by atoms with Crippen molar-refractivity contribution >= 4 is 5.97 Å². The quantitative estimate of drug-likeness (QED) is 0.739. The first kappa shape index (κ1) is 16.7. The van der Waals surface area contributed by atoms with E-state index in [0.29, 0.717) is 13.2 Å². The average Bonchev–Trinajstić information content (AvgIpc) is 2.50. The second-order valence-electron chi connectivity index (χ2n) is 4.70. The van der Waals surface area contributed by atoms with Crippen molar-refractivity contribution in [2.24, 2.45) is 0 Å². The highest BCUT2D eigenvalue weighted by Gasteiger charge is 2.41. The van der Waals surface area contributed by atoms with Gasteiger partial charge >= 0.3 is 5.97 Å². The van der Waals surface area contributed by atoms with Gasteiger partial charge in [0.2, 0.25) is 0 Å². The molecule has 1 N–H and O–H groups in total. The maximum absolute atomic E-state index is 12.6. The van der Waals surface area contributed by atoms with Gasteiger partial charge in [0.05, 0.1) is 6.61 Å². The van der Waals surface area contributed by atoms with Gasteiger partial charge in [-0.25, -0.2) is 4.79 Å². The van der Waals surface area contributed by atoms with Crippen molar-refractivity contribution < 1.29 is 9.53 Å². The van der Waals surface area contributed by atoms with Crippen LogP contribution in [0.4, 0.5) is 0 Å². The summed E-state index contributed by atoms with van der Waals surface area (Å²) in [4.78, 5) is 14.8. The summed E-state index contributed by atoms with van der Waals surface area (Å²) < 4.78 is 5.31. The zero-order chi connectivity index (χ0) is 15.0. The molecule has 112 valence electrons. The lowest BCUT2D eigenvalue weighted by Crippen LogP contribution is -2.55. The van der Waals surface area contributed by atoms with Crippen molar-refractivity contribution in [2.45, 2.75) is 26.3 Å². The van der Waals surface area contributed by atoms with E-state index in [1.54, 1.807) is 0 Å². The molecule has 4 nitrogen and oxygen atoms in total. The number of carbonyl (C=O) groups excluding carboxylic acids is 1. The van der Waals surface area contributed by atoms with E-state index in [1.165, 1.54) is 0 Å². The molecule has 0 aromatic heterocycles. The molecule has 0 saturated carbocycles. The number of esters is 1. The van der Waals surface area contributed by atoms with Crippen LogP contribution in [0.25, 0.3) is 0 Å². The molecule has 1 unspecified atom stereocenters.